The lowest BCUT2D eigenvalue weighted by Gasteiger charge is -2.31. The Morgan fingerprint density at radius 3 is 2.79 bits per heavy atom. The first-order valence-electron chi connectivity index (χ1n) is 11.0. The molecular weight excluding hydrogens is 368 g/mol. The van der Waals surface area contributed by atoms with Crippen LogP contribution in [0, 0.1) is 5.92 Å². The summed E-state index contributed by atoms with van der Waals surface area (Å²) in [6, 6.07) is 0.837. The molecule has 1 aliphatic rings. The van der Waals surface area contributed by atoms with Crippen molar-refractivity contribution in [3.05, 3.63) is 0 Å². The average molecular weight is 405 g/mol. The summed E-state index contributed by atoms with van der Waals surface area (Å²) >= 11 is 0. The van der Waals surface area contributed by atoms with Crippen molar-refractivity contribution in [2.45, 2.75) is 71.9 Å². The number of hydrogen-bond donors (Lipinski definition) is 1. The van der Waals surface area contributed by atoms with Gasteiger partial charge in [0.05, 0.1) is 13.2 Å². The van der Waals surface area contributed by atoms with Crippen molar-refractivity contribution in [2.75, 3.05) is 32.5 Å². The zero-order chi connectivity index (χ0) is 20.8. The van der Waals surface area contributed by atoms with E-state index in [-0.39, 0.29) is 6.10 Å². The van der Waals surface area contributed by atoms with E-state index in [2.05, 4.69) is 33.7 Å². The monoisotopic (exact) mass is 404 g/mol. The number of likely N-dealkylation sites (tertiary alicyclic amines) is 1. The van der Waals surface area contributed by atoms with E-state index in [0.717, 1.165) is 38.3 Å². The minimum atomic E-state index is 0.0444. The van der Waals surface area contributed by atoms with Crippen molar-refractivity contribution in [3.63, 3.8) is 0 Å². The summed E-state index contributed by atoms with van der Waals surface area (Å²) in [6.07, 6.45) is 6.90. The molecule has 8 heteroatoms. The van der Waals surface area contributed by atoms with Gasteiger partial charge in [-0.3, -0.25) is 4.57 Å². The Balaban J connectivity index is 1.74. The second-order valence-electron chi connectivity index (χ2n) is 8.07. The van der Waals surface area contributed by atoms with Gasteiger partial charge in [0.1, 0.15) is 0 Å². The summed E-state index contributed by atoms with van der Waals surface area (Å²) in [7, 11) is 1.63. The predicted octanol–water partition coefficient (Wildman–Crippen LogP) is 3.50. The molecule has 162 valence electrons. The maximum atomic E-state index is 6.15. The van der Waals surface area contributed by atoms with E-state index >= 15 is 0 Å². The fraction of sp³-hybridized carbons (Fsp3) is 0.762. The highest BCUT2D eigenvalue weighted by Gasteiger charge is 2.21. The predicted molar refractivity (Wildman–Crippen MR) is 115 cm³/mol. The molecule has 1 saturated heterocycles. The lowest BCUT2D eigenvalue weighted by atomic mass is 9.93. The molecular formula is C21H36N6O2. The Bertz CT molecular complexity index is 793. The molecule has 0 radical (unpaired) electrons. The van der Waals surface area contributed by atoms with Crippen LogP contribution in [0.1, 0.15) is 59.3 Å². The minimum Gasteiger partial charge on any atom is -0.468 e. The Kier molecular flexibility index (Phi) is 7.52. The van der Waals surface area contributed by atoms with Gasteiger partial charge < -0.3 is 20.1 Å². The van der Waals surface area contributed by atoms with Gasteiger partial charge in [-0.05, 0) is 58.0 Å². The van der Waals surface area contributed by atoms with Gasteiger partial charge in [-0.25, -0.2) is 0 Å². The van der Waals surface area contributed by atoms with Gasteiger partial charge in [-0.2, -0.15) is 15.0 Å². The summed E-state index contributed by atoms with van der Waals surface area (Å²) in [5, 5.41) is 0. The van der Waals surface area contributed by atoms with Crippen LogP contribution in [-0.2, 0) is 6.54 Å². The van der Waals surface area contributed by atoms with E-state index in [9.17, 15) is 0 Å². The molecule has 1 aliphatic heterocycles. The fourth-order valence-corrected chi connectivity index (χ4v) is 4.25. The highest BCUT2D eigenvalue weighted by molar-refractivity contribution is 5.83. The average Bonchev–Trinajstić information content (AvgIpc) is 3.06. The molecule has 2 aromatic heterocycles. The smallest absolute Gasteiger partial charge is 0.320 e. The molecule has 29 heavy (non-hydrogen) atoms. The molecule has 0 bridgehead atoms. The van der Waals surface area contributed by atoms with Gasteiger partial charge in [0, 0.05) is 13.1 Å². The topological polar surface area (TPSA) is 91.3 Å². The third-order valence-corrected chi connectivity index (χ3v) is 5.79. The zero-order valence-corrected chi connectivity index (χ0v) is 18.4. The molecule has 0 amide bonds. The summed E-state index contributed by atoms with van der Waals surface area (Å²) in [5.41, 5.74) is 7.41. The van der Waals surface area contributed by atoms with Gasteiger partial charge in [-0.15, -0.1) is 0 Å². The molecule has 0 aliphatic carbocycles. The first kappa shape index (κ1) is 21.6. The first-order valence-corrected chi connectivity index (χ1v) is 11.0. The van der Waals surface area contributed by atoms with Crippen molar-refractivity contribution in [3.8, 4) is 12.0 Å². The molecule has 2 N–H and O–H groups in total. The molecule has 1 fully saturated rings. The first-order chi connectivity index (χ1) is 14.0. The standard InChI is InChI=1S/C21H36N6O2/c1-5-9-15(3)29-20-24-18(22)17-19(25-20)27(21(23-17)28-4)13-8-11-16-10-7-12-26(6-2)14-16/h15-16H,5-14H2,1-4H3,(H2,22,24,25). The highest BCUT2D eigenvalue weighted by Crippen LogP contribution is 2.27. The molecule has 3 rings (SSSR count). The van der Waals surface area contributed by atoms with Gasteiger partial charge >= 0.3 is 6.01 Å². The number of ether oxygens (including phenoxy) is 2. The van der Waals surface area contributed by atoms with E-state index in [1.54, 1.807) is 7.11 Å². The maximum Gasteiger partial charge on any atom is 0.320 e. The van der Waals surface area contributed by atoms with Crippen molar-refractivity contribution in [1.29, 1.82) is 0 Å². The number of hydrogen-bond acceptors (Lipinski definition) is 7. The number of nitrogen functional groups attached to an aromatic ring is 1. The lowest BCUT2D eigenvalue weighted by Crippen LogP contribution is -2.35. The van der Waals surface area contributed by atoms with E-state index in [4.69, 9.17) is 15.2 Å². The summed E-state index contributed by atoms with van der Waals surface area (Å²) < 4.78 is 13.4. The quantitative estimate of drug-likeness (QED) is 0.648. The summed E-state index contributed by atoms with van der Waals surface area (Å²) in [6.45, 7) is 10.8. The number of rotatable bonds is 10. The Morgan fingerprint density at radius 2 is 2.07 bits per heavy atom. The number of fused-ring (bicyclic) bond motifs is 1. The number of methoxy groups -OCH3 is 1. The second kappa shape index (κ2) is 10.1. The molecule has 0 saturated carbocycles. The second-order valence-corrected chi connectivity index (χ2v) is 8.07. The number of nitrogens with zero attached hydrogens (tertiary/aromatic N) is 5. The highest BCUT2D eigenvalue weighted by atomic mass is 16.5. The van der Waals surface area contributed by atoms with E-state index in [0.29, 0.717) is 29.0 Å². The number of piperidine rings is 1. The lowest BCUT2D eigenvalue weighted by molar-refractivity contribution is 0.173. The number of anilines is 1. The van der Waals surface area contributed by atoms with Gasteiger partial charge in [0.15, 0.2) is 17.0 Å². The molecule has 0 spiro atoms. The van der Waals surface area contributed by atoms with Gasteiger partial charge in [0.25, 0.3) is 6.01 Å². The van der Waals surface area contributed by atoms with E-state index in [1.807, 2.05) is 11.5 Å². The van der Waals surface area contributed by atoms with Crippen LogP contribution in [0.25, 0.3) is 11.2 Å². The Labute approximate surface area is 173 Å². The summed E-state index contributed by atoms with van der Waals surface area (Å²) in [5.74, 6) is 1.09. The van der Waals surface area contributed by atoms with Gasteiger partial charge in [-0.1, -0.05) is 20.3 Å². The van der Waals surface area contributed by atoms with E-state index in [1.165, 1.54) is 32.4 Å². The van der Waals surface area contributed by atoms with Crippen LogP contribution < -0.4 is 15.2 Å². The largest absolute Gasteiger partial charge is 0.468 e. The van der Waals surface area contributed by atoms with Crippen LogP contribution in [0.5, 0.6) is 12.0 Å². The van der Waals surface area contributed by atoms with Crippen LogP contribution in [0.4, 0.5) is 5.82 Å². The number of aryl methyl sites for hydroxylation is 1. The molecule has 3 heterocycles. The van der Waals surface area contributed by atoms with Gasteiger partial charge in [0.2, 0.25) is 0 Å². The van der Waals surface area contributed by atoms with Crippen molar-refractivity contribution in [2.24, 2.45) is 5.92 Å². The third-order valence-electron chi connectivity index (χ3n) is 5.79. The molecule has 2 unspecified atom stereocenters. The Morgan fingerprint density at radius 1 is 1.24 bits per heavy atom. The Hall–Kier alpha value is -2.09. The fourth-order valence-electron chi connectivity index (χ4n) is 4.25. The van der Waals surface area contributed by atoms with Crippen LogP contribution >= 0.6 is 0 Å². The van der Waals surface area contributed by atoms with E-state index < -0.39 is 0 Å². The van der Waals surface area contributed by atoms with Crippen molar-refractivity contribution >= 4 is 17.0 Å². The van der Waals surface area contributed by atoms with Crippen LogP contribution in [0.3, 0.4) is 0 Å². The zero-order valence-electron chi connectivity index (χ0n) is 18.4. The minimum absolute atomic E-state index is 0.0444. The van der Waals surface area contributed by atoms with Crippen molar-refractivity contribution in [1.82, 2.24) is 24.4 Å². The SMILES string of the molecule is CCCC(C)Oc1nc(N)c2nc(OC)n(CCCC3CCCN(CC)C3)c2n1. The summed E-state index contributed by atoms with van der Waals surface area (Å²) in [4.78, 5) is 16.0. The maximum absolute atomic E-state index is 6.15. The molecule has 8 nitrogen and oxygen atoms in total. The molecule has 2 atom stereocenters. The van der Waals surface area contributed by atoms with Crippen LogP contribution in [-0.4, -0.2) is 57.3 Å². The van der Waals surface area contributed by atoms with Crippen LogP contribution in [0.15, 0.2) is 0 Å². The third kappa shape index (κ3) is 5.29. The molecule has 2 aromatic rings. The normalized spacial score (nSPS) is 18.8. The number of aromatic nitrogens is 4. The number of nitrogens with two attached hydrogens (primary N) is 1. The molecule has 0 aromatic carbocycles. The van der Waals surface area contributed by atoms with Crippen LogP contribution in [0.2, 0.25) is 0 Å². The van der Waals surface area contributed by atoms with Crippen molar-refractivity contribution < 1.29 is 9.47 Å². The number of imidazole rings is 1.